The zero-order chi connectivity index (χ0) is 35.2. The van der Waals surface area contributed by atoms with E-state index in [-0.39, 0.29) is 11.5 Å². The molecular weight excluding hydrogens is 642 g/mol. The van der Waals surface area contributed by atoms with E-state index in [9.17, 15) is 9.59 Å². The lowest BCUT2D eigenvalue weighted by Crippen LogP contribution is -2.47. The Labute approximate surface area is 297 Å². The van der Waals surface area contributed by atoms with Crippen LogP contribution in [0.3, 0.4) is 0 Å². The largest absolute Gasteiger partial charge is 0.497 e. The van der Waals surface area contributed by atoms with Gasteiger partial charge in [0, 0.05) is 50.5 Å². The SMILES string of the molecule is COc1ccc(N2CCN(CCCNC(=O)c3ccc4c(=O)n5c(nc4c3)C(=Cc3ccc(OC)c(OCc4ccccc4)c3)CC5)CC2)cc1. The molecular formula is C41H43N5O5. The van der Waals surface area contributed by atoms with Gasteiger partial charge in [-0.25, -0.2) is 4.98 Å². The van der Waals surface area contributed by atoms with Crippen molar-refractivity contribution in [1.29, 1.82) is 0 Å². The summed E-state index contributed by atoms with van der Waals surface area (Å²) in [6.07, 6.45) is 3.57. The maximum absolute atomic E-state index is 13.5. The van der Waals surface area contributed by atoms with E-state index in [1.165, 1.54) is 5.69 Å². The van der Waals surface area contributed by atoms with Crippen LogP contribution in [0.25, 0.3) is 22.6 Å². The lowest BCUT2D eigenvalue weighted by atomic mass is 10.1. The van der Waals surface area contributed by atoms with Crippen molar-refractivity contribution >= 4 is 34.1 Å². The fourth-order valence-electron chi connectivity index (χ4n) is 6.76. The van der Waals surface area contributed by atoms with Crippen LogP contribution in [0.15, 0.2) is 95.8 Å². The van der Waals surface area contributed by atoms with Gasteiger partial charge in [-0.3, -0.25) is 19.1 Å². The number of piperazine rings is 1. The summed E-state index contributed by atoms with van der Waals surface area (Å²) in [5.41, 5.74) is 5.06. The fraction of sp³-hybridized carbons (Fsp3) is 0.293. The third kappa shape index (κ3) is 7.76. The summed E-state index contributed by atoms with van der Waals surface area (Å²) in [4.78, 5) is 36.4. The molecule has 1 amide bonds. The van der Waals surface area contributed by atoms with Crippen LogP contribution in [0, 0.1) is 0 Å². The van der Waals surface area contributed by atoms with Crippen molar-refractivity contribution in [3.8, 4) is 17.2 Å². The normalized spacial score (nSPS) is 15.2. The van der Waals surface area contributed by atoms with Crippen LogP contribution in [0.5, 0.6) is 17.2 Å². The zero-order valence-corrected chi connectivity index (χ0v) is 29.1. The number of allylic oxidation sites excluding steroid dienone is 1. The van der Waals surface area contributed by atoms with Crippen molar-refractivity contribution in [2.75, 3.05) is 58.4 Å². The molecule has 10 heteroatoms. The van der Waals surface area contributed by atoms with Gasteiger partial charge in [0.2, 0.25) is 0 Å². The number of carbonyl (C=O) groups excluding carboxylic acids is 1. The average Bonchev–Trinajstić information content (AvgIpc) is 3.58. The molecule has 1 aromatic heterocycles. The highest BCUT2D eigenvalue weighted by Crippen LogP contribution is 2.33. The first-order valence-electron chi connectivity index (χ1n) is 17.5. The van der Waals surface area contributed by atoms with Gasteiger partial charge >= 0.3 is 0 Å². The first-order valence-corrected chi connectivity index (χ1v) is 17.5. The Kier molecular flexibility index (Phi) is 10.3. The minimum atomic E-state index is -0.166. The van der Waals surface area contributed by atoms with Crippen LogP contribution in [-0.2, 0) is 13.2 Å². The second-order valence-corrected chi connectivity index (χ2v) is 12.9. The van der Waals surface area contributed by atoms with Crippen molar-refractivity contribution in [3.63, 3.8) is 0 Å². The van der Waals surface area contributed by atoms with Gasteiger partial charge in [0.25, 0.3) is 11.5 Å². The summed E-state index contributed by atoms with van der Waals surface area (Å²) in [6, 6.07) is 29.1. The lowest BCUT2D eigenvalue weighted by molar-refractivity contribution is 0.0951. The summed E-state index contributed by atoms with van der Waals surface area (Å²) >= 11 is 0. The highest BCUT2D eigenvalue weighted by Gasteiger charge is 2.22. The second-order valence-electron chi connectivity index (χ2n) is 12.9. The molecule has 0 aliphatic carbocycles. The average molecular weight is 686 g/mol. The summed E-state index contributed by atoms with van der Waals surface area (Å²) in [5, 5.41) is 3.57. The Hall–Kier alpha value is -5.61. The van der Waals surface area contributed by atoms with Gasteiger partial charge in [0.15, 0.2) is 11.5 Å². The monoisotopic (exact) mass is 685 g/mol. The molecule has 10 nitrogen and oxygen atoms in total. The minimum Gasteiger partial charge on any atom is -0.497 e. The smallest absolute Gasteiger partial charge is 0.261 e. The number of anilines is 1. The van der Waals surface area contributed by atoms with E-state index >= 15 is 0 Å². The number of ether oxygens (including phenoxy) is 3. The molecule has 51 heavy (non-hydrogen) atoms. The van der Waals surface area contributed by atoms with Gasteiger partial charge in [0.1, 0.15) is 18.2 Å². The Balaban J connectivity index is 0.975. The number of amides is 1. The maximum atomic E-state index is 13.5. The summed E-state index contributed by atoms with van der Waals surface area (Å²) in [5.74, 6) is 2.61. The van der Waals surface area contributed by atoms with Gasteiger partial charge in [-0.15, -0.1) is 0 Å². The fourth-order valence-corrected chi connectivity index (χ4v) is 6.76. The molecule has 7 rings (SSSR count). The molecule has 2 aliphatic rings. The van der Waals surface area contributed by atoms with Crippen LogP contribution >= 0.6 is 0 Å². The van der Waals surface area contributed by atoms with E-state index in [1.807, 2.05) is 66.7 Å². The minimum absolute atomic E-state index is 0.0981. The summed E-state index contributed by atoms with van der Waals surface area (Å²) in [6.45, 7) is 6.35. The van der Waals surface area contributed by atoms with E-state index in [4.69, 9.17) is 19.2 Å². The number of aromatic nitrogens is 2. The number of rotatable bonds is 12. The first-order chi connectivity index (χ1) is 25.0. The number of carbonyl (C=O) groups is 1. The van der Waals surface area contributed by atoms with Crippen molar-refractivity contribution < 1.29 is 19.0 Å². The Morgan fingerprint density at radius 1 is 0.863 bits per heavy atom. The Bertz CT molecular complexity index is 2090. The molecule has 0 saturated carbocycles. The standard InChI is InChI=1S/C41H43N5O5/c1-49-34-13-11-33(12-14-34)45-23-21-44(22-24-45)19-6-18-42-40(47)32-10-15-35-36(27-32)43-39-31(17-20-46(39)41(35)48)25-30-9-16-37(50-2)38(26-30)51-28-29-7-4-3-5-8-29/h3-5,7-16,25-27H,6,17-24,28H2,1-2H3,(H,42,47). The third-order valence-corrected chi connectivity index (χ3v) is 9.62. The lowest BCUT2D eigenvalue weighted by Gasteiger charge is -2.36. The van der Waals surface area contributed by atoms with Crippen molar-refractivity contribution in [3.05, 3.63) is 124 Å². The molecule has 262 valence electrons. The van der Waals surface area contributed by atoms with Crippen LogP contribution < -0.4 is 30.0 Å². The topological polar surface area (TPSA) is 98.2 Å². The molecule has 0 unspecified atom stereocenters. The number of fused-ring (bicyclic) bond motifs is 2. The van der Waals surface area contributed by atoms with Gasteiger partial charge in [-0.1, -0.05) is 36.4 Å². The highest BCUT2D eigenvalue weighted by molar-refractivity contribution is 5.98. The molecule has 1 N–H and O–H groups in total. The molecule has 0 radical (unpaired) electrons. The van der Waals surface area contributed by atoms with E-state index in [1.54, 1.807) is 37.0 Å². The number of benzene rings is 4. The quantitative estimate of drug-likeness (QED) is 0.163. The highest BCUT2D eigenvalue weighted by atomic mass is 16.5. The number of hydrogen-bond acceptors (Lipinski definition) is 8. The molecule has 4 aromatic carbocycles. The Morgan fingerprint density at radius 3 is 2.43 bits per heavy atom. The van der Waals surface area contributed by atoms with E-state index in [0.717, 1.165) is 61.6 Å². The summed E-state index contributed by atoms with van der Waals surface area (Å²) < 4.78 is 18.7. The van der Waals surface area contributed by atoms with Crippen LogP contribution in [-0.4, -0.2) is 73.8 Å². The van der Waals surface area contributed by atoms with E-state index in [0.29, 0.717) is 59.9 Å². The molecule has 0 atom stereocenters. The van der Waals surface area contributed by atoms with Gasteiger partial charge in [0.05, 0.1) is 25.1 Å². The number of methoxy groups -OCH3 is 2. The molecule has 5 aromatic rings. The van der Waals surface area contributed by atoms with Crippen LogP contribution in [0.1, 0.15) is 40.2 Å². The van der Waals surface area contributed by atoms with Crippen molar-refractivity contribution in [2.24, 2.45) is 0 Å². The zero-order valence-electron chi connectivity index (χ0n) is 29.1. The maximum Gasteiger partial charge on any atom is 0.261 e. The van der Waals surface area contributed by atoms with Crippen molar-refractivity contribution in [2.45, 2.75) is 26.0 Å². The molecule has 0 spiro atoms. The molecule has 1 saturated heterocycles. The van der Waals surface area contributed by atoms with Crippen LogP contribution in [0.2, 0.25) is 0 Å². The van der Waals surface area contributed by atoms with Gasteiger partial charge in [-0.2, -0.15) is 0 Å². The predicted octanol–water partition coefficient (Wildman–Crippen LogP) is 5.88. The molecule has 1 fully saturated rings. The summed E-state index contributed by atoms with van der Waals surface area (Å²) in [7, 11) is 3.31. The predicted molar refractivity (Wildman–Crippen MR) is 201 cm³/mol. The van der Waals surface area contributed by atoms with Crippen LogP contribution in [0.4, 0.5) is 5.69 Å². The number of nitrogens with one attached hydrogen (secondary N) is 1. The second kappa shape index (κ2) is 15.5. The van der Waals surface area contributed by atoms with Gasteiger partial charge in [-0.05, 0) is 96.8 Å². The van der Waals surface area contributed by atoms with E-state index in [2.05, 4.69) is 27.2 Å². The molecule has 0 bridgehead atoms. The molecule has 2 aliphatic heterocycles. The Morgan fingerprint density at radius 2 is 1.67 bits per heavy atom. The van der Waals surface area contributed by atoms with Crippen molar-refractivity contribution in [1.82, 2.24) is 19.8 Å². The van der Waals surface area contributed by atoms with E-state index < -0.39 is 0 Å². The number of hydrogen-bond donors (Lipinski definition) is 1. The third-order valence-electron chi connectivity index (χ3n) is 9.62. The first kappa shape index (κ1) is 33.9. The van der Waals surface area contributed by atoms with Gasteiger partial charge < -0.3 is 24.4 Å². The molecule has 3 heterocycles. The number of nitrogens with zero attached hydrogens (tertiary/aromatic N) is 4.